The molecule has 2 rings (SSSR count). The van der Waals surface area contributed by atoms with Crippen LogP contribution in [0.4, 0.5) is 8.78 Å². The molecule has 0 bridgehead atoms. The van der Waals surface area contributed by atoms with E-state index in [0.717, 1.165) is 18.2 Å². The zero-order chi connectivity index (χ0) is 14.7. The van der Waals surface area contributed by atoms with Gasteiger partial charge in [-0.05, 0) is 53.2 Å². The van der Waals surface area contributed by atoms with Crippen LogP contribution >= 0.6 is 15.9 Å². The summed E-state index contributed by atoms with van der Waals surface area (Å²) in [6, 6.07) is 9.44. The Bertz CT molecular complexity index is 646. The molecular formula is C15H12BrF2NO. The summed E-state index contributed by atoms with van der Waals surface area (Å²) in [6.45, 7) is 1.60. The molecule has 1 N–H and O–H groups in total. The summed E-state index contributed by atoms with van der Waals surface area (Å²) < 4.78 is 27.4. The van der Waals surface area contributed by atoms with Crippen molar-refractivity contribution >= 4 is 21.8 Å². The number of nitrogens with one attached hydrogen (secondary N) is 1. The highest BCUT2D eigenvalue weighted by Gasteiger charge is 2.16. The van der Waals surface area contributed by atoms with Gasteiger partial charge in [0.1, 0.15) is 11.6 Å². The van der Waals surface area contributed by atoms with Gasteiger partial charge in [0.2, 0.25) is 0 Å². The molecule has 20 heavy (non-hydrogen) atoms. The van der Waals surface area contributed by atoms with Crippen molar-refractivity contribution in [3.8, 4) is 0 Å². The smallest absolute Gasteiger partial charge is 0.252 e. The van der Waals surface area contributed by atoms with E-state index in [0.29, 0.717) is 10.0 Å². The van der Waals surface area contributed by atoms with E-state index < -0.39 is 17.7 Å². The van der Waals surface area contributed by atoms with E-state index >= 15 is 0 Å². The summed E-state index contributed by atoms with van der Waals surface area (Å²) in [4.78, 5) is 12.1. The molecule has 0 heterocycles. The molecule has 104 valence electrons. The van der Waals surface area contributed by atoms with Crippen molar-refractivity contribution < 1.29 is 13.6 Å². The Morgan fingerprint density at radius 1 is 1.20 bits per heavy atom. The highest BCUT2D eigenvalue weighted by Crippen LogP contribution is 2.20. The number of halogens is 3. The van der Waals surface area contributed by atoms with Gasteiger partial charge >= 0.3 is 0 Å². The van der Waals surface area contributed by atoms with Gasteiger partial charge < -0.3 is 5.32 Å². The molecule has 1 unspecified atom stereocenters. The maximum atomic E-state index is 13.6. The number of carbonyl (C=O) groups is 1. The minimum absolute atomic E-state index is 0.116. The number of hydrogen-bond acceptors (Lipinski definition) is 1. The van der Waals surface area contributed by atoms with E-state index in [2.05, 4.69) is 21.2 Å². The number of benzene rings is 2. The van der Waals surface area contributed by atoms with Crippen LogP contribution < -0.4 is 5.32 Å². The summed E-state index contributed by atoms with van der Waals surface area (Å²) in [7, 11) is 0. The maximum absolute atomic E-state index is 13.6. The summed E-state index contributed by atoms with van der Waals surface area (Å²) >= 11 is 3.27. The lowest BCUT2D eigenvalue weighted by Gasteiger charge is -2.15. The topological polar surface area (TPSA) is 29.1 Å². The normalized spacial score (nSPS) is 12.0. The van der Waals surface area contributed by atoms with Gasteiger partial charge in [0.05, 0.1) is 11.6 Å². The maximum Gasteiger partial charge on any atom is 0.252 e. The lowest BCUT2D eigenvalue weighted by molar-refractivity contribution is 0.0938. The largest absolute Gasteiger partial charge is 0.345 e. The van der Waals surface area contributed by atoms with Crippen LogP contribution in [0.15, 0.2) is 46.9 Å². The first-order valence-corrected chi connectivity index (χ1v) is 6.78. The molecule has 0 spiro atoms. The van der Waals surface area contributed by atoms with Gasteiger partial charge in [-0.1, -0.05) is 12.1 Å². The first-order valence-electron chi connectivity index (χ1n) is 5.99. The van der Waals surface area contributed by atoms with Crippen LogP contribution in [0.2, 0.25) is 0 Å². The van der Waals surface area contributed by atoms with Crippen LogP contribution in [0.1, 0.15) is 28.9 Å². The highest BCUT2D eigenvalue weighted by molar-refractivity contribution is 9.10. The second-order valence-corrected chi connectivity index (χ2v) is 5.20. The van der Waals surface area contributed by atoms with Crippen molar-refractivity contribution in [1.29, 1.82) is 0 Å². The fraction of sp³-hybridized carbons (Fsp3) is 0.133. The quantitative estimate of drug-likeness (QED) is 0.891. The third-order valence-corrected chi connectivity index (χ3v) is 3.58. The van der Waals surface area contributed by atoms with Gasteiger partial charge in [0.15, 0.2) is 0 Å². The highest BCUT2D eigenvalue weighted by atomic mass is 79.9. The molecule has 0 aliphatic heterocycles. The SMILES string of the molecule is CC(NC(=O)c1ccccc1Br)c1cc(F)ccc1F. The molecule has 0 aliphatic carbocycles. The molecule has 0 radical (unpaired) electrons. The Morgan fingerprint density at radius 2 is 1.90 bits per heavy atom. The fourth-order valence-corrected chi connectivity index (χ4v) is 2.31. The molecule has 1 amide bonds. The van der Waals surface area contributed by atoms with Crippen LogP contribution in [-0.4, -0.2) is 5.91 Å². The average molecular weight is 340 g/mol. The first-order chi connectivity index (χ1) is 9.49. The fourth-order valence-electron chi connectivity index (χ4n) is 1.84. The predicted octanol–water partition coefficient (Wildman–Crippen LogP) is 4.22. The Balaban J connectivity index is 2.19. The summed E-state index contributed by atoms with van der Waals surface area (Å²) in [5, 5.41) is 2.65. The average Bonchev–Trinajstić information content (AvgIpc) is 2.41. The van der Waals surface area contributed by atoms with Crippen LogP contribution in [0, 0.1) is 11.6 Å². The van der Waals surface area contributed by atoms with Crippen LogP contribution in [0.25, 0.3) is 0 Å². The van der Waals surface area contributed by atoms with Gasteiger partial charge in [0, 0.05) is 10.0 Å². The molecule has 0 aromatic heterocycles. The van der Waals surface area contributed by atoms with E-state index in [1.54, 1.807) is 31.2 Å². The van der Waals surface area contributed by atoms with E-state index in [9.17, 15) is 13.6 Å². The third kappa shape index (κ3) is 3.22. The van der Waals surface area contributed by atoms with Crippen LogP contribution in [-0.2, 0) is 0 Å². The second-order valence-electron chi connectivity index (χ2n) is 4.34. The number of amides is 1. The van der Waals surface area contributed by atoms with Crippen LogP contribution in [0.3, 0.4) is 0 Å². The molecule has 0 fully saturated rings. The monoisotopic (exact) mass is 339 g/mol. The Morgan fingerprint density at radius 3 is 2.60 bits per heavy atom. The van der Waals surface area contributed by atoms with Gasteiger partial charge in [-0.3, -0.25) is 4.79 Å². The zero-order valence-corrected chi connectivity index (χ0v) is 12.2. The van der Waals surface area contributed by atoms with Crippen molar-refractivity contribution in [2.45, 2.75) is 13.0 Å². The first kappa shape index (κ1) is 14.7. The molecule has 2 aromatic rings. The molecule has 0 saturated carbocycles. The Hall–Kier alpha value is -1.75. The van der Waals surface area contributed by atoms with Crippen molar-refractivity contribution in [1.82, 2.24) is 5.32 Å². The van der Waals surface area contributed by atoms with E-state index in [1.165, 1.54) is 0 Å². The summed E-state index contributed by atoms with van der Waals surface area (Å²) in [5.74, 6) is -1.44. The van der Waals surface area contributed by atoms with Gasteiger partial charge in [-0.25, -0.2) is 8.78 Å². The third-order valence-electron chi connectivity index (χ3n) is 2.89. The van der Waals surface area contributed by atoms with E-state index in [1.807, 2.05) is 0 Å². The van der Waals surface area contributed by atoms with E-state index in [-0.39, 0.29) is 11.5 Å². The standard InChI is InChI=1S/C15H12BrF2NO/c1-9(12-8-10(17)6-7-14(12)18)19-15(20)11-4-2-3-5-13(11)16/h2-9H,1H3,(H,19,20). The van der Waals surface area contributed by atoms with Crippen LogP contribution in [0.5, 0.6) is 0 Å². The van der Waals surface area contributed by atoms with Gasteiger partial charge in [-0.2, -0.15) is 0 Å². The lowest BCUT2D eigenvalue weighted by Crippen LogP contribution is -2.27. The van der Waals surface area contributed by atoms with Gasteiger partial charge in [-0.15, -0.1) is 0 Å². The molecule has 0 saturated heterocycles. The molecule has 0 aliphatic rings. The minimum Gasteiger partial charge on any atom is -0.345 e. The van der Waals surface area contributed by atoms with Crippen molar-refractivity contribution in [2.75, 3.05) is 0 Å². The summed E-state index contributed by atoms with van der Waals surface area (Å²) in [5.41, 5.74) is 0.557. The predicted molar refractivity (Wildman–Crippen MR) is 76.4 cm³/mol. The number of carbonyl (C=O) groups excluding carboxylic acids is 1. The Kier molecular flexibility index (Phi) is 4.49. The van der Waals surface area contributed by atoms with Crippen molar-refractivity contribution in [3.63, 3.8) is 0 Å². The molecule has 2 nitrogen and oxygen atoms in total. The molecule has 1 atom stereocenters. The zero-order valence-electron chi connectivity index (χ0n) is 10.7. The van der Waals surface area contributed by atoms with Gasteiger partial charge in [0.25, 0.3) is 5.91 Å². The number of rotatable bonds is 3. The number of hydrogen-bond donors (Lipinski definition) is 1. The molecule has 5 heteroatoms. The van der Waals surface area contributed by atoms with E-state index in [4.69, 9.17) is 0 Å². The molecule has 2 aromatic carbocycles. The van der Waals surface area contributed by atoms with Crippen molar-refractivity contribution in [2.24, 2.45) is 0 Å². The molecular weight excluding hydrogens is 328 g/mol. The minimum atomic E-state index is -0.634. The second kappa shape index (κ2) is 6.13. The lowest BCUT2D eigenvalue weighted by atomic mass is 10.1. The summed E-state index contributed by atoms with van der Waals surface area (Å²) in [6.07, 6.45) is 0. The van der Waals surface area contributed by atoms with Crippen molar-refractivity contribution in [3.05, 3.63) is 69.7 Å². The Labute approximate surface area is 123 Å².